The number of carbonyl (C=O) groups excluding carboxylic acids is 1. The summed E-state index contributed by atoms with van der Waals surface area (Å²) in [4.78, 5) is 17.3. The molecule has 1 aliphatic carbocycles. The van der Waals surface area contributed by atoms with E-state index < -0.39 is 0 Å². The molecule has 2 saturated heterocycles. The monoisotopic (exact) mass is 407 g/mol. The van der Waals surface area contributed by atoms with Crippen molar-refractivity contribution in [3.8, 4) is 5.69 Å². The summed E-state index contributed by atoms with van der Waals surface area (Å²) in [5, 5.41) is 11.9. The van der Waals surface area contributed by atoms with Crippen molar-refractivity contribution in [2.45, 2.75) is 62.6 Å². The van der Waals surface area contributed by atoms with E-state index in [1.165, 1.54) is 12.8 Å². The van der Waals surface area contributed by atoms with Crippen LogP contribution in [-0.2, 0) is 0 Å². The van der Waals surface area contributed by atoms with Gasteiger partial charge in [0.2, 0.25) is 5.82 Å². The molecule has 3 heterocycles. The summed E-state index contributed by atoms with van der Waals surface area (Å²) >= 11 is 6.34. The van der Waals surface area contributed by atoms with E-state index >= 15 is 0 Å². The molecule has 0 spiro atoms. The first-order valence-corrected chi connectivity index (χ1v) is 9.84. The zero-order valence-electron chi connectivity index (χ0n) is 14.9. The number of hydrogen-bond donors (Lipinski definition) is 2. The van der Waals surface area contributed by atoms with Crippen LogP contribution in [0.1, 0.15) is 60.9 Å². The van der Waals surface area contributed by atoms with Gasteiger partial charge in [-0.3, -0.25) is 4.79 Å². The van der Waals surface area contributed by atoms with Gasteiger partial charge in [0, 0.05) is 24.0 Å². The van der Waals surface area contributed by atoms with Gasteiger partial charge < -0.3 is 10.6 Å². The molecule has 3 fully saturated rings. The molecule has 2 aromatic rings. The molecule has 2 N–H and O–H groups in total. The third-order valence-electron chi connectivity index (χ3n) is 5.67. The quantitative estimate of drug-likeness (QED) is 0.815. The van der Waals surface area contributed by atoms with Crippen LogP contribution in [0.25, 0.3) is 5.69 Å². The SMILES string of the molecule is Cl.O=C(NC1CC2CCC(C1)N2)c1nc(C2CC2)n(-c2ccccc2Cl)n1. The van der Waals surface area contributed by atoms with E-state index in [2.05, 4.69) is 20.7 Å². The van der Waals surface area contributed by atoms with Crippen molar-refractivity contribution in [1.82, 2.24) is 25.4 Å². The van der Waals surface area contributed by atoms with Crippen molar-refractivity contribution in [2.75, 3.05) is 0 Å². The van der Waals surface area contributed by atoms with Gasteiger partial charge in [0.1, 0.15) is 5.82 Å². The van der Waals surface area contributed by atoms with Gasteiger partial charge in [0.25, 0.3) is 5.91 Å². The Morgan fingerprint density at radius 1 is 1.15 bits per heavy atom. The highest BCUT2D eigenvalue weighted by Gasteiger charge is 2.36. The third kappa shape index (κ3) is 3.71. The number of aromatic nitrogens is 3. The number of carbonyl (C=O) groups is 1. The van der Waals surface area contributed by atoms with Gasteiger partial charge in [-0.05, 0) is 50.7 Å². The largest absolute Gasteiger partial charge is 0.346 e. The number of rotatable bonds is 4. The van der Waals surface area contributed by atoms with Crippen LogP contribution in [0.2, 0.25) is 5.02 Å². The second-order valence-corrected chi connectivity index (χ2v) is 8.12. The molecule has 2 aliphatic heterocycles. The molecular weight excluding hydrogens is 385 g/mol. The van der Waals surface area contributed by atoms with Gasteiger partial charge in [-0.1, -0.05) is 23.7 Å². The lowest BCUT2D eigenvalue weighted by Crippen LogP contribution is -2.48. The average Bonchev–Trinajstić information content (AvgIpc) is 3.29. The maximum atomic E-state index is 12.8. The Morgan fingerprint density at radius 3 is 2.52 bits per heavy atom. The van der Waals surface area contributed by atoms with Crippen LogP contribution in [-0.4, -0.2) is 38.8 Å². The molecule has 27 heavy (non-hydrogen) atoms. The lowest BCUT2D eigenvalue weighted by atomic mass is 10.00. The topological polar surface area (TPSA) is 71.8 Å². The van der Waals surface area contributed by atoms with Gasteiger partial charge in [0.15, 0.2) is 0 Å². The summed E-state index contributed by atoms with van der Waals surface area (Å²) in [6, 6.07) is 8.83. The lowest BCUT2D eigenvalue weighted by Gasteiger charge is -2.29. The predicted octanol–water partition coefficient (Wildman–Crippen LogP) is 3.23. The smallest absolute Gasteiger partial charge is 0.291 e. The first kappa shape index (κ1) is 18.7. The number of amides is 1. The summed E-state index contributed by atoms with van der Waals surface area (Å²) in [7, 11) is 0. The maximum Gasteiger partial charge on any atom is 0.291 e. The Hall–Kier alpha value is -1.63. The number of nitrogens with one attached hydrogen (secondary N) is 2. The van der Waals surface area contributed by atoms with Gasteiger partial charge >= 0.3 is 0 Å². The summed E-state index contributed by atoms with van der Waals surface area (Å²) in [5.74, 6) is 1.28. The molecule has 1 amide bonds. The Morgan fingerprint density at radius 2 is 1.85 bits per heavy atom. The number of benzene rings is 1. The number of nitrogens with zero attached hydrogens (tertiary/aromatic N) is 3. The molecule has 144 valence electrons. The van der Waals surface area contributed by atoms with Crippen LogP contribution in [0.3, 0.4) is 0 Å². The van der Waals surface area contributed by atoms with E-state index in [1.807, 2.05) is 24.3 Å². The zero-order chi connectivity index (χ0) is 17.7. The van der Waals surface area contributed by atoms with E-state index in [4.69, 9.17) is 11.6 Å². The van der Waals surface area contributed by atoms with Crippen molar-refractivity contribution in [1.29, 1.82) is 0 Å². The van der Waals surface area contributed by atoms with Crippen LogP contribution < -0.4 is 10.6 Å². The number of halogens is 2. The molecule has 1 aromatic carbocycles. The van der Waals surface area contributed by atoms with Crippen molar-refractivity contribution in [3.63, 3.8) is 0 Å². The minimum atomic E-state index is -0.177. The Labute approximate surface area is 169 Å². The Kier molecular flexibility index (Phi) is 5.14. The first-order chi connectivity index (χ1) is 12.7. The van der Waals surface area contributed by atoms with E-state index in [0.717, 1.165) is 37.2 Å². The molecule has 2 unspecified atom stereocenters. The maximum absolute atomic E-state index is 12.8. The highest BCUT2D eigenvalue weighted by molar-refractivity contribution is 6.32. The number of piperidine rings is 1. The zero-order valence-corrected chi connectivity index (χ0v) is 16.5. The van der Waals surface area contributed by atoms with Crippen LogP contribution in [0.5, 0.6) is 0 Å². The molecule has 3 aliphatic rings. The van der Waals surface area contributed by atoms with Crippen LogP contribution >= 0.6 is 24.0 Å². The van der Waals surface area contributed by atoms with Crippen LogP contribution in [0, 0.1) is 0 Å². The fourth-order valence-electron chi connectivity index (χ4n) is 4.25. The van der Waals surface area contributed by atoms with E-state index in [9.17, 15) is 4.79 Å². The summed E-state index contributed by atoms with van der Waals surface area (Å²) in [6.45, 7) is 0. The Balaban J connectivity index is 0.00000180. The fraction of sp³-hybridized carbons (Fsp3) is 0.526. The highest BCUT2D eigenvalue weighted by Crippen LogP contribution is 2.40. The normalized spacial score (nSPS) is 26.5. The van der Waals surface area contributed by atoms with E-state index in [-0.39, 0.29) is 30.2 Å². The minimum absolute atomic E-state index is 0. The summed E-state index contributed by atoms with van der Waals surface area (Å²) < 4.78 is 1.75. The number of para-hydroxylation sites is 1. The van der Waals surface area contributed by atoms with Gasteiger partial charge in [-0.15, -0.1) is 17.5 Å². The van der Waals surface area contributed by atoms with Crippen molar-refractivity contribution >= 4 is 29.9 Å². The molecule has 0 radical (unpaired) electrons. The van der Waals surface area contributed by atoms with Crippen molar-refractivity contribution in [2.24, 2.45) is 0 Å². The third-order valence-corrected chi connectivity index (χ3v) is 5.99. The molecule has 2 bridgehead atoms. The standard InChI is InChI=1S/C19H22ClN5O.ClH/c20-15-3-1-2-4-16(15)25-18(11-5-6-11)23-17(24-25)19(26)22-14-9-12-7-8-13(10-14)21-12;/h1-4,11-14,21H,5-10H2,(H,22,26);1H. The number of hydrogen-bond acceptors (Lipinski definition) is 4. The number of fused-ring (bicyclic) bond motifs is 2. The van der Waals surface area contributed by atoms with Gasteiger partial charge in [0.05, 0.1) is 10.7 Å². The molecule has 2 atom stereocenters. The molecule has 5 rings (SSSR count). The van der Waals surface area contributed by atoms with Gasteiger partial charge in [-0.25, -0.2) is 9.67 Å². The first-order valence-electron chi connectivity index (χ1n) is 9.46. The molecule has 1 aromatic heterocycles. The van der Waals surface area contributed by atoms with Crippen molar-refractivity contribution < 1.29 is 4.79 Å². The lowest BCUT2D eigenvalue weighted by molar-refractivity contribution is 0.0913. The minimum Gasteiger partial charge on any atom is -0.346 e. The van der Waals surface area contributed by atoms with Crippen molar-refractivity contribution in [3.05, 3.63) is 40.9 Å². The van der Waals surface area contributed by atoms with E-state index in [1.54, 1.807) is 4.68 Å². The summed E-state index contributed by atoms with van der Waals surface area (Å²) in [5.41, 5.74) is 0.780. The second kappa shape index (κ2) is 7.41. The van der Waals surface area contributed by atoms with E-state index in [0.29, 0.717) is 23.0 Å². The fourth-order valence-corrected chi connectivity index (χ4v) is 4.47. The predicted molar refractivity (Wildman–Crippen MR) is 106 cm³/mol. The average molecular weight is 408 g/mol. The van der Waals surface area contributed by atoms with Crippen LogP contribution in [0.15, 0.2) is 24.3 Å². The van der Waals surface area contributed by atoms with Crippen LogP contribution in [0.4, 0.5) is 0 Å². The highest BCUT2D eigenvalue weighted by atomic mass is 35.5. The molecule has 1 saturated carbocycles. The van der Waals surface area contributed by atoms with Gasteiger partial charge in [-0.2, -0.15) is 0 Å². The molecular formula is C19H23Cl2N5O. The molecule has 6 nitrogen and oxygen atoms in total. The molecule has 8 heteroatoms. The summed E-state index contributed by atoms with van der Waals surface area (Å²) in [6.07, 6.45) is 6.57. The second-order valence-electron chi connectivity index (χ2n) is 7.71. The Bertz CT molecular complexity index is 838.